The highest BCUT2D eigenvalue weighted by atomic mass is 16.4. The standard InChI is InChI=1S/C15H22O3/c1-3-5-6-7-11(4-2)14-10-12(16)8-9-13(14)15(17)18/h8-11,16H,3-7H2,1-2H3,(H,17,18). The van der Waals surface area contributed by atoms with E-state index in [1.807, 2.05) is 0 Å². The molecule has 2 N–H and O–H groups in total. The number of aromatic carboxylic acids is 1. The molecule has 0 aliphatic carbocycles. The summed E-state index contributed by atoms with van der Waals surface area (Å²) in [6.45, 7) is 4.21. The molecule has 0 fully saturated rings. The third kappa shape index (κ3) is 3.76. The molecule has 1 atom stereocenters. The van der Waals surface area contributed by atoms with Crippen LogP contribution in [-0.4, -0.2) is 16.2 Å². The first-order valence-electron chi connectivity index (χ1n) is 6.66. The topological polar surface area (TPSA) is 57.5 Å². The zero-order chi connectivity index (χ0) is 13.5. The molecule has 0 heterocycles. The first kappa shape index (κ1) is 14.6. The number of benzene rings is 1. The van der Waals surface area contributed by atoms with Gasteiger partial charge >= 0.3 is 5.97 Å². The fraction of sp³-hybridized carbons (Fsp3) is 0.533. The maximum atomic E-state index is 11.2. The highest BCUT2D eigenvalue weighted by molar-refractivity contribution is 5.89. The van der Waals surface area contributed by atoms with Gasteiger partial charge in [0.05, 0.1) is 5.56 Å². The lowest BCUT2D eigenvalue weighted by Crippen LogP contribution is -2.07. The van der Waals surface area contributed by atoms with Crippen LogP contribution in [0.5, 0.6) is 5.75 Å². The molecule has 0 amide bonds. The molecular formula is C15H22O3. The summed E-state index contributed by atoms with van der Waals surface area (Å²) in [7, 11) is 0. The molecular weight excluding hydrogens is 228 g/mol. The zero-order valence-electron chi connectivity index (χ0n) is 11.1. The number of hydrogen-bond acceptors (Lipinski definition) is 2. The van der Waals surface area contributed by atoms with Crippen molar-refractivity contribution in [1.29, 1.82) is 0 Å². The molecule has 1 aromatic rings. The van der Waals surface area contributed by atoms with Crippen LogP contribution in [0.15, 0.2) is 18.2 Å². The number of hydrogen-bond donors (Lipinski definition) is 2. The van der Waals surface area contributed by atoms with E-state index in [1.165, 1.54) is 12.1 Å². The molecule has 0 aliphatic heterocycles. The predicted molar refractivity (Wildman–Crippen MR) is 72.2 cm³/mol. The number of unbranched alkanes of at least 4 members (excludes halogenated alkanes) is 2. The first-order valence-corrected chi connectivity index (χ1v) is 6.66. The Morgan fingerprint density at radius 2 is 2.00 bits per heavy atom. The Bertz CT molecular complexity index is 399. The van der Waals surface area contributed by atoms with Gasteiger partial charge < -0.3 is 10.2 Å². The van der Waals surface area contributed by atoms with Crippen LogP contribution >= 0.6 is 0 Å². The molecule has 100 valence electrons. The van der Waals surface area contributed by atoms with Gasteiger partial charge in [-0.05, 0) is 42.5 Å². The summed E-state index contributed by atoms with van der Waals surface area (Å²) < 4.78 is 0. The van der Waals surface area contributed by atoms with Gasteiger partial charge in [-0.1, -0.05) is 33.1 Å². The van der Waals surface area contributed by atoms with Crippen LogP contribution in [-0.2, 0) is 0 Å². The van der Waals surface area contributed by atoms with Crippen LogP contribution in [0.3, 0.4) is 0 Å². The summed E-state index contributed by atoms with van der Waals surface area (Å²) >= 11 is 0. The number of carboxylic acids is 1. The lowest BCUT2D eigenvalue weighted by Gasteiger charge is -2.17. The van der Waals surface area contributed by atoms with Gasteiger partial charge in [-0.25, -0.2) is 4.79 Å². The molecule has 18 heavy (non-hydrogen) atoms. The number of phenolic OH excluding ortho intramolecular Hbond substituents is 1. The van der Waals surface area contributed by atoms with E-state index in [-0.39, 0.29) is 11.7 Å². The second-order valence-electron chi connectivity index (χ2n) is 4.68. The third-order valence-corrected chi connectivity index (χ3v) is 3.35. The van der Waals surface area contributed by atoms with E-state index in [9.17, 15) is 15.0 Å². The van der Waals surface area contributed by atoms with Gasteiger partial charge in [-0.3, -0.25) is 0 Å². The monoisotopic (exact) mass is 250 g/mol. The maximum Gasteiger partial charge on any atom is 0.335 e. The summed E-state index contributed by atoms with van der Waals surface area (Å²) in [6, 6.07) is 4.53. The first-order chi connectivity index (χ1) is 8.60. The van der Waals surface area contributed by atoms with Crippen molar-refractivity contribution in [2.75, 3.05) is 0 Å². The van der Waals surface area contributed by atoms with E-state index in [0.717, 1.165) is 37.7 Å². The molecule has 0 aliphatic rings. The molecule has 1 aromatic carbocycles. The van der Waals surface area contributed by atoms with Crippen molar-refractivity contribution in [2.45, 2.75) is 51.9 Å². The molecule has 0 saturated carbocycles. The van der Waals surface area contributed by atoms with Crippen LogP contribution in [0, 0.1) is 0 Å². The molecule has 0 radical (unpaired) electrons. The Morgan fingerprint density at radius 1 is 1.28 bits per heavy atom. The largest absolute Gasteiger partial charge is 0.508 e. The van der Waals surface area contributed by atoms with E-state index >= 15 is 0 Å². The molecule has 0 aromatic heterocycles. The van der Waals surface area contributed by atoms with Gasteiger partial charge in [0.15, 0.2) is 0 Å². The molecule has 1 unspecified atom stereocenters. The van der Waals surface area contributed by atoms with E-state index in [0.29, 0.717) is 5.56 Å². The van der Waals surface area contributed by atoms with Crippen molar-refractivity contribution in [1.82, 2.24) is 0 Å². The highest BCUT2D eigenvalue weighted by Gasteiger charge is 2.18. The number of carbonyl (C=O) groups is 1. The molecule has 0 bridgehead atoms. The van der Waals surface area contributed by atoms with Crippen molar-refractivity contribution in [3.63, 3.8) is 0 Å². The fourth-order valence-corrected chi connectivity index (χ4v) is 2.30. The second kappa shape index (κ2) is 7.04. The third-order valence-electron chi connectivity index (χ3n) is 3.35. The molecule has 1 rings (SSSR count). The normalized spacial score (nSPS) is 12.3. The van der Waals surface area contributed by atoms with Gasteiger partial charge in [-0.15, -0.1) is 0 Å². The minimum Gasteiger partial charge on any atom is -0.508 e. The Hall–Kier alpha value is -1.51. The molecule has 0 spiro atoms. The quantitative estimate of drug-likeness (QED) is 0.714. The van der Waals surface area contributed by atoms with Crippen LogP contribution in [0.4, 0.5) is 0 Å². The van der Waals surface area contributed by atoms with Gasteiger partial charge in [0, 0.05) is 0 Å². The molecule has 0 saturated heterocycles. The number of aromatic hydroxyl groups is 1. The van der Waals surface area contributed by atoms with Crippen molar-refractivity contribution in [2.24, 2.45) is 0 Å². The van der Waals surface area contributed by atoms with Crippen molar-refractivity contribution in [3.05, 3.63) is 29.3 Å². The molecule has 3 heteroatoms. The van der Waals surface area contributed by atoms with Crippen molar-refractivity contribution < 1.29 is 15.0 Å². The van der Waals surface area contributed by atoms with E-state index in [4.69, 9.17) is 0 Å². The second-order valence-corrected chi connectivity index (χ2v) is 4.68. The minimum atomic E-state index is -0.918. The summed E-state index contributed by atoms with van der Waals surface area (Å²) in [6.07, 6.45) is 5.30. The van der Waals surface area contributed by atoms with Crippen LogP contribution < -0.4 is 0 Å². The van der Waals surface area contributed by atoms with Crippen LogP contribution in [0.2, 0.25) is 0 Å². The maximum absolute atomic E-state index is 11.2. The van der Waals surface area contributed by atoms with Gasteiger partial charge in [0.2, 0.25) is 0 Å². The van der Waals surface area contributed by atoms with Crippen LogP contribution in [0.1, 0.15) is 67.8 Å². The van der Waals surface area contributed by atoms with E-state index in [2.05, 4.69) is 13.8 Å². The average molecular weight is 250 g/mol. The zero-order valence-corrected chi connectivity index (χ0v) is 11.1. The number of phenols is 1. The van der Waals surface area contributed by atoms with Gasteiger partial charge in [0.1, 0.15) is 5.75 Å². The fourth-order valence-electron chi connectivity index (χ4n) is 2.30. The lowest BCUT2D eigenvalue weighted by atomic mass is 9.87. The van der Waals surface area contributed by atoms with Gasteiger partial charge in [0.25, 0.3) is 0 Å². The lowest BCUT2D eigenvalue weighted by molar-refractivity contribution is 0.0695. The summed E-state index contributed by atoms with van der Waals surface area (Å²) in [5, 5.41) is 18.7. The minimum absolute atomic E-state index is 0.143. The van der Waals surface area contributed by atoms with Gasteiger partial charge in [-0.2, -0.15) is 0 Å². The van der Waals surface area contributed by atoms with Crippen molar-refractivity contribution >= 4 is 5.97 Å². The molecule has 3 nitrogen and oxygen atoms in total. The average Bonchev–Trinajstić information content (AvgIpc) is 2.34. The number of carboxylic acid groups (broad SMARTS) is 1. The Kier molecular flexibility index (Phi) is 5.69. The smallest absolute Gasteiger partial charge is 0.335 e. The Balaban J connectivity index is 2.95. The van der Waals surface area contributed by atoms with Crippen LogP contribution in [0.25, 0.3) is 0 Å². The predicted octanol–water partition coefficient (Wildman–Crippen LogP) is 4.16. The van der Waals surface area contributed by atoms with Crippen molar-refractivity contribution in [3.8, 4) is 5.75 Å². The summed E-state index contributed by atoms with van der Waals surface area (Å²) in [4.78, 5) is 11.2. The highest BCUT2D eigenvalue weighted by Crippen LogP contribution is 2.31. The summed E-state index contributed by atoms with van der Waals surface area (Å²) in [5.74, 6) is -0.558. The van der Waals surface area contributed by atoms with E-state index < -0.39 is 5.97 Å². The van der Waals surface area contributed by atoms with E-state index in [1.54, 1.807) is 6.07 Å². The summed E-state index contributed by atoms with van der Waals surface area (Å²) in [5.41, 5.74) is 1.08. The SMILES string of the molecule is CCCCCC(CC)c1cc(O)ccc1C(=O)O. The number of rotatable bonds is 7. The Labute approximate surface area is 108 Å². The Morgan fingerprint density at radius 3 is 2.56 bits per heavy atom.